The van der Waals surface area contributed by atoms with Crippen molar-refractivity contribution >= 4 is 34.8 Å². The van der Waals surface area contributed by atoms with E-state index >= 15 is 0 Å². The Kier molecular flexibility index (Phi) is 4.00. The fourth-order valence-electron chi connectivity index (χ4n) is 2.09. The smallest absolute Gasteiger partial charge is 0.266 e. The summed E-state index contributed by atoms with van der Waals surface area (Å²) in [7, 11) is 0. The number of hydrogen-bond donors (Lipinski definition) is 0. The van der Waals surface area contributed by atoms with E-state index in [4.69, 9.17) is 34.8 Å². The van der Waals surface area contributed by atoms with Gasteiger partial charge < -0.3 is 0 Å². The van der Waals surface area contributed by atoms with E-state index in [1.807, 2.05) is 0 Å². The van der Waals surface area contributed by atoms with Crippen molar-refractivity contribution in [3.63, 3.8) is 0 Å². The number of hydrogen-bond acceptors (Lipinski definition) is 1. The van der Waals surface area contributed by atoms with Gasteiger partial charge in [-0.15, -0.1) is 5.10 Å². The quantitative estimate of drug-likeness (QED) is 0.573. The maximum atomic E-state index is 14.1. The predicted octanol–water partition coefficient (Wildman–Crippen LogP) is 5.78. The highest BCUT2D eigenvalue weighted by atomic mass is 35.5. The van der Waals surface area contributed by atoms with Gasteiger partial charge in [-0.05, 0) is 36.4 Å². The molecule has 0 saturated heterocycles. The van der Waals surface area contributed by atoms with E-state index in [0.29, 0.717) is 15.7 Å². The zero-order valence-corrected chi connectivity index (χ0v) is 13.1. The van der Waals surface area contributed by atoms with E-state index in [0.717, 1.165) is 0 Å². The van der Waals surface area contributed by atoms with E-state index in [9.17, 15) is 9.50 Å². The van der Waals surface area contributed by atoms with Crippen LogP contribution in [0, 0.1) is 5.82 Å². The van der Waals surface area contributed by atoms with Crippen molar-refractivity contribution in [1.82, 2.24) is 9.78 Å². The Morgan fingerprint density at radius 3 is 2.32 bits per heavy atom. The summed E-state index contributed by atoms with van der Waals surface area (Å²) in [5.41, 5.74) is 0.908. The van der Waals surface area contributed by atoms with Gasteiger partial charge in [0.2, 0.25) is 0 Å². The Morgan fingerprint density at radius 2 is 1.64 bits per heavy atom. The normalized spacial score (nSPS) is 10.9. The lowest BCUT2D eigenvalue weighted by atomic mass is 10.1. The molecule has 0 bridgehead atoms. The molecule has 0 aliphatic heterocycles. The fraction of sp³-hybridized carbons (Fsp3) is 0. The number of benzene rings is 2. The van der Waals surface area contributed by atoms with E-state index in [-0.39, 0.29) is 16.3 Å². The summed E-state index contributed by atoms with van der Waals surface area (Å²) < 4.78 is 15.4. The molecule has 1 heterocycles. The van der Waals surface area contributed by atoms with E-state index in [2.05, 4.69) is 5.10 Å². The van der Waals surface area contributed by atoms with Gasteiger partial charge in [-0.1, -0.05) is 34.8 Å². The van der Waals surface area contributed by atoms with Crippen LogP contribution in [0.15, 0.2) is 42.5 Å². The Morgan fingerprint density at radius 1 is 0.955 bits per heavy atom. The van der Waals surface area contributed by atoms with Crippen LogP contribution in [0.2, 0.25) is 15.1 Å². The first-order valence-electron chi connectivity index (χ1n) is 6.13. The Bertz CT molecular complexity index is 795. The van der Waals surface area contributed by atoms with Gasteiger partial charge in [0.05, 0.1) is 16.4 Å². The maximum absolute atomic E-state index is 14.1. The van der Waals surface area contributed by atoms with Gasteiger partial charge in [0, 0.05) is 21.7 Å². The van der Waals surface area contributed by atoms with E-state index in [1.54, 1.807) is 12.1 Å². The molecule has 0 aliphatic rings. The standard InChI is InChI=1S/C15H7Cl3FN2O/c16-8-2-4-13(11(18)5-8)21-14(7-15(22)20-21)10-3-1-9(17)6-12(10)19/h1-7H. The van der Waals surface area contributed by atoms with Gasteiger partial charge in [0.25, 0.3) is 5.88 Å². The molecule has 3 nitrogen and oxygen atoms in total. The summed E-state index contributed by atoms with van der Waals surface area (Å²) in [5.74, 6) is -1.06. The molecule has 0 spiro atoms. The Hall–Kier alpha value is -1.75. The second-order valence-electron chi connectivity index (χ2n) is 4.50. The first-order valence-corrected chi connectivity index (χ1v) is 7.27. The van der Waals surface area contributed by atoms with Crippen molar-refractivity contribution < 1.29 is 9.50 Å². The van der Waals surface area contributed by atoms with Gasteiger partial charge in [0.1, 0.15) is 5.82 Å². The van der Waals surface area contributed by atoms with Gasteiger partial charge in [-0.3, -0.25) is 5.11 Å². The highest BCUT2D eigenvalue weighted by Gasteiger charge is 2.17. The van der Waals surface area contributed by atoms with E-state index in [1.165, 1.54) is 35.0 Å². The largest absolute Gasteiger partial charge is 0.288 e. The number of aromatic nitrogens is 2. The molecule has 22 heavy (non-hydrogen) atoms. The van der Waals surface area contributed by atoms with Crippen molar-refractivity contribution in [2.75, 3.05) is 0 Å². The molecule has 1 aromatic heterocycles. The second-order valence-corrected chi connectivity index (χ2v) is 5.78. The molecule has 0 amide bonds. The maximum Gasteiger partial charge on any atom is 0.288 e. The zero-order valence-electron chi connectivity index (χ0n) is 10.9. The highest BCUT2D eigenvalue weighted by molar-refractivity contribution is 6.35. The summed E-state index contributed by atoms with van der Waals surface area (Å²) >= 11 is 17.7. The van der Waals surface area contributed by atoms with E-state index < -0.39 is 11.7 Å². The average Bonchev–Trinajstić information content (AvgIpc) is 2.80. The topological polar surface area (TPSA) is 37.7 Å². The molecular formula is C15H7Cl3FN2O. The van der Waals surface area contributed by atoms with Crippen molar-refractivity contribution in [1.29, 1.82) is 0 Å². The minimum Gasteiger partial charge on any atom is -0.266 e. The molecule has 2 aromatic carbocycles. The first-order chi connectivity index (χ1) is 10.5. The van der Waals surface area contributed by atoms with Gasteiger partial charge in [-0.25, -0.2) is 9.07 Å². The predicted molar refractivity (Wildman–Crippen MR) is 84.1 cm³/mol. The van der Waals surface area contributed by atoms with Crippen LogP contribution in [0.4, 0.5) is 4.39 Å². The fourth-order valence-corrected chi connectivity index (χ4v) is 2.73. The molecule has 7 heteroatoms. The highest BCUT2D eigenvalue weighted by Crippen LogP contribution is 2.33. The summed E-state index contributed by atoms with van der Waals surface area (Å²) in [6, 6.07) is 10.1. The van der Waals surface area contributed by atoms with Crippen LogP contribution in [0.1, 0.15) is 0 Å². The molecule has 0 unspecified atom stereocenters. The molecule has 0 atom stereocenters. The minimum atomic E-state index is -0.557. The summed E-state index contributed by atoms with van der Waals surface area (Å²) in [6.07, 6.45) is 0. The van der Waals surface area contributed by atoms with Gasteiger partial charge in [0.15, 0.2) is 0 Å². The third kappa shape index (κ3) is 2.77. The lowest BCUT2D eigenvalue weighted by molar-refractivity contribution is 0.334. The summed E-state index contributed by atoms with van der Waals surface area (Å²) in [4.78, 5) is 0. The van der Waals surface area contributed by atoms with Gasteiger partial charge >= 0.3 is 0 Å². The third-order valence-electron chi connectivity index (χ3n) is 3.03. The molecule has 0 fully saturated rings. The number of nitrogens with zero attached hydrogens (tertiary/aromatic N) is 2. The average molecular weight is 357 g/mol. The van der Waals surface area contributed by atoms with Crippen molar-refractivity contribution in [3.8, 4) is 22.8 Å². The molecule has 1 radical (unpaired) electrons. The molecule has 3 aromatic rings. The van der Waals surface area contributed by atoms with Crippen molar-refractivity contribution in [3.05, 3.63) is 63.3 Å². The lowest BCUT2D eigenvalue weighted by Gasteiger charge is -2.10. The van der Waals surface area contributed by atoms with Crippen molar-refractivity contribution in [2.24, 2.45) is 0 Å². The third-order valence-corrected chi connectivity index (χ3v) is 3.80. The molecule has 0 aliphatic carbocycles. The van der Waals surface area contributed by atoms with Crippen molar-refractivity contribution in [2.45, 2.75) is 0 Å². The monoisotopic (exact) mass is 355 g/mol. The van der Waals surface area contributed by atoms with Crippen LogP contribution in [-0.2, 0) is 5.11 Å². The number of rotatable bonds is 2. The Balaban J connectivity index is 2.22. The molecular weight excluding hydrogens is 350 g/mol. The van der Waals surface area contributed by atoms with Crippen LogP contribution < -0.4 is 0 Å². The zero-order chi connectivity index (χ0) is 15.9. The van der Waals surface area contributed by atoms with Gasteiger partial charge in [-0.2, -0.15) is 0 Å². The van der Waals surface area contributed by atoms with Crippen LogP contribution in [-0.4, -0.2) is 9.78 Å². The van der Waals surface area contributed by atoms with Crippen LogP contribution in [0.25, 0.3) is 16.9 Å². The van der Waals surface area contributed by atoms with Crippen LogP contribution in [0.5, 0.6) is 5.88 Å². The molecule has 3 rings (SSSR count). The number of halogens is 4. The van der Waals surface area contributed by atoms with Crippen LogP contribution in [0.3, 0.4) is 0 Å². The minimum absolute atomic E-state index is 0.199. The Labute approximate surface area is 140 Å². The summed E-state index contributed by atoms with van der Waals surface area (Å²) in [6.45, 7) is 0. The second kappa shape index (κ2) is 5.80. The molecule has 0 saturated carbocycles. The molecule has 111 valence electrons. The summed E-state index contributed by atoms with van der Waals surface area (Å²) in [5, 5.41) is 16.5. The molecule has 0 N–H and O–H groups in total. The SMILES string of the molecule is [O]c1cc(-c2ccc(Cl)cc2F)n(-c2ccc(Cl)cc2Cl)n1. The first kappa shape index (κ1) is 15.2. The van der Waals surface area contributed by atoms with Crippen LogP contribution >= 0.6 is 34.8 Å². The lowest BCUT2D eigenvalue weighted by Crippen LogP contribution is -2.01.